The fourth-order valence-electron chi connectivity index (χ4n) is 8.88. The Morgan fingerprint density at radius 2 is 1.11 bits per heavy atom. The number of hydrogen-bond donors (Lipinski definition) is 0. The van der Waals surface area contributed by atoms with Crippen LogP contribution in [0.5, 0.6) is 0 Å². The monoisotopic (exact) mass is 731 g/mol. The van der Waals surface area contributed by atoms with E-state index >= 15 is 0 Å². The molecular weight excluding hydrogens is 695 g/mol. The lowest BCUT2D eigenvalue weighted by Crippen LogP contribution is -2.16. The highest BCUT2D eigenvalue weighted by molar-refractivity contribution is 6.12. The lowest BCUT2D eigenvalue weighted by atomic mass is 9.82. The molecule has 10 aromatic rings. The van der Waals surface area contributed by atoms with E-state index in [1.54, 1.807) is 0 Å². The second-order valence-electron chi connectivity index (χ2n) is 15.4. The molecule has 0 spiro atoms. The molecular formula is C53H37N3O. The molecule has 8 aromatic carbocycles. The summed E-state index contributed by atoms with van der Waals surface area (Å²) in [5.74, 6) is 0.682. The second kappa shape index (κ2) is 12.9. The lowest BCUT2D eigenvalue weighted by Gasteiger charge is -2.29. The maximum absolute atomic E-state index is 6.90. The van der Waals surface area contributed by atoms with Gasteiger partial charge in [0.2, 0.25) is 0 Å². The minimum atomic E-state index is -0.141. The van der Waals surface area contributed by atoms with E-state index in [9.17, 15) is 0 Å². The molecule has 0 N–H and O–H groups in total. The Hall–Kier alpha value is -7.30. The smallest absolute Gasteiger partial charge is 0.160 e. The summed E-state index contributed by atoms with van der Waals surface area (Å²) >= 11 is 0. The van der Waals surface area contributed by atoms with Crippen molar-refractivity contribution in [3.8, 4) is 44.9 Å². The Morgan fingerprint density at radius 1 is 0.474 bits per heavy atom. The number of furan rings is 1. The quantitative estimate of drug-likeness (QED) is 0.171. The highest BCUT2D eigenvalue weighted by Gasteiger charge is 2.38. The van der Waals surface area contributed by atoms with Gasteiger partial charge in [-0.3, -0.25) is 0 Å². The van der Waals surface area contributed by atoms with Gasteiger partial charge in [0.1, 0.15) is 5.58 Å². The van der Waals surface area contributed by atoms with Crippen LogP contribution in [-0.4, -0.2) is 9.97 Å². The highest BCUT2D eigenvalue weighted by Crippen LogP contribution is 2.55. The Labute approximate surface area is 331 Å². The zero-order valence-electron chi connectivity index (χ0n) is 31.6. The predicted molar refractivity (Wildman–Crippen MR) is 235 cm³/mol. The summed E-state index contributed by atoms with van der Waals surface area (Å²) in [6, 6.07) is 66.4. The van der Waals surface area contributed by atoms with E-state index in [2.05, 4.69) is 189 Å². The molecule has 4 heteroatoms. The summed E-state index contributed by atoms with van der Waals surface area (Å²) in [7, 11) is 0. The van der Waals surface area contributed by atoms with Crippen molar-refractivity contribution in [2.75, 3.05) is 4.90 Å². The Morgan fingerprint density at radius 3 is 1.93 bits per heavy atom. The average Bonchev–Trinajstić information content (AvgIpc) is 3.76. The van der Waals surface area contributed by atoms with E-state index in [-0.39, 0.29) is 5.41 Å². The van der Waals surface area contributed by atoms with Crippen molar-refractivity contribution >= 4 is 49.9 Å². The van der Waals surface area contributed by atoms with E-state index in [1.165, 1.54) is 33.4 Å². The molecule has 4 nitrogen and oxygen atoms in total. The second-order valence-corrected chi connectivity index (χ2v) is 15.4. The number of aromatic nitrogens is 2. The summed E-state index contributed by atoms with van der Waals surface area (Å²) in [6.07, 6.45) is 0. The third-order valence-electron chi connectivity index (χ3n) is 11.7. The zero-order valence-corrected chi connectivity index (χ0v) is 31.6. The van der Waals surface area contributed by atoms with Gasteiger partial charge in [0.15, 0.2) is 11.4 Å². The van der Waals surface area contributed by atoms with E-state index in [0.29, 0.717) is 5.82 Å². The largest absolute Gasteiger partial charge is 0.454 e. The molecule has 1 aliphatic carbocycles. The number of anilines is 3. The number of fused-ring (bicyclic) bond motifs is 7. The number of rotatable bonds is 6. The van der Waals surface area contributed by atoms with Crippen molar-refractivity contribution in [1.29, 1.82) is 0 Å². The van der Waals surface area contributed by atoms with Crippen molar-refractivity contribution in [2.45, 2.75) is 19.3 Å². The molecule has 0 aliphatic heterocycles. The summed E-state index contributed by atoms with van der Waals surface area (Å²) in [4.78, 5) is 12.6. The maximum atomic E-state index is 6.90. The number of para-hydroxylation sites is 2. The van der Waals surface area contributed by atoms with Gasteiger partial charge in [-0.25, -0.2) is 9.97 Å². The molecule has 2 heterocycles. The fraction of sp³-hybridized carbons (Fsp3) is 0.0566. The third kappa shape index (κ3) is 5.29. The predicted octanol–water partition coefficient (Wildman–Crippen LogP) is 14.3. The molecule has 0 saturated carbocycles. The molecule has 0 unspecified atom stereocenters. The average molecular weight is 732 g/mol. The molecule has 0 saturated heterocycles. The van der Waals surface area contributed by atoms with Crippen LogP contribution in [-0.2, 0) is 5.41 Å². The van der Waals surface area contributed by atoms with Crippen LogP contribution in [0.4, 0.5) is 17.1 Å². The first-order valence-electron chi connectivity index (χ1n) is 19.5. The van der Waals surface area contributed by atoms with Gasteiger partial charge < -0.3 is 9.32 Å². The summed E-state index contributed by atoms with van der Waals surface area (Å²) < 4.78 is 6.90. The number of benzene rings is 8. The van der Waals surface area contributed by atoms with E-state index in [4.69, 9.17) is 14.4 Å². The highest BCUT2D eigenvalue weighted by atomic mass is 16.3. The van der Waals surface area contributed by atoms with Gasteiger partial charge in [0.05, 0.1) is 22.6 Å². The normalized spacial score (nSPS) is 12.9. The first-order valence-corrected chi connectivity index (χ1v) is 19.5. The van der Waals surface area contributed by atoms with Crippen LogP contribution >= 0.6 is 0 Å². The van der Waals surface area contributed by atoms with Crippen LogP contribution < -0.4 is 4.90 Å². The zero-order chi connectivity index (χ0) is 38.1. The molecule has 0 atom stereocenters. The van der Waals surface area contributed by atoms with E-state index in [0.717, 1.165) is 66.7 Å². The van der Waals surface area contributed by atoms with Crippen molar-refractivity contribution in [2.24, 2.45) is 0 Å². The van der Waals surface area contributed by atoms with E-state index in [1.807, 2.05) is 18.2 Å². The van der Waals surface area contributed by atoms with Gasteiger partial charge in [0.25, 0.3) is 0 Å². The molecule has 0 amide bonds. The topological polar surface area (TPSA) is 42.2 Å². The summed E-state index contributed by atoms with van der Waals surface area (Å²) in [6.45, 7) is 4.67. The van der Waals surface area contributed by atoms with Crippen LogP contribution in [0.25, 0.3) is 77.7 Å². The lowest BCUT2D eigenvalue weighted by molar-refractivity contribution is 0.660. The van der Waals surface area contributed by atoms with Gasteiger partial charge in [-0.05, 0) is 76.3 Å². The fourth-order valence-corrected chi connectivity index (χ4v) is 8.88. The number of nitrogens with zero attached hydrogens (tertiary/aromatic N) is 3. The molecule has 0 fully saturated rings. The molecule has 57 heavy (non-hydrogen) atoms. The van der Waals surface area contributed by atoms with Gasteiger partial charge in [0, 0.05) is 44.0 Å². The van der Waals surface area contributed by atoms with Crippen molar-refractivity contribution in [3.63, 3.8) is 0 Å². The Balaban J connectivity index is 1.11. The summed E-state index contributed by atoms with van der Waals surface area (Å²) in [5.41, 5.74) is 16.0. The third-order valence-corrected chi connectivity index (χ3v) is 11.7. The van der Waals surface area contributed by atoms with Crippen LogP contribution in [0.2, 0.25) is 0 Å². The molecule has 1 aliphatic rings. The van der Waals surface area contributed by atoms with Gasteiger partial charge >= 0.3 is 0 Å². The van der Waals surface area contributed by atoms with Crippen LogP contribution in [0.15, 0.2) is 192 Å². The molecule has 11 rings (SSSR count). The van der Waals surface area contributed by atoms with Crippen molar-refractivity contribution in [3.05, 3.63) is 199 Å². The van der Waals surface area contributed by atoms with Crippen LogP contribution in [0.3, 0.4) is 0 Å². The minimum Gasteiger partial charge on any atom is -0.454 e. The first-order chi connectivity index (χ1) is 28.0. The Kier molecular flexibility index (Phi) is 7.48. The SMILES string of the molecule is CC1(C)c2ccccc2-c2c(N(c3ccc(-c4ccccc4)cc3)c3cccc4c3oc3ccc(-c5nc(-c6ccccc6)c6ccccc6n5)cc34)cccc21. The van der Waals surface area contributed by atoms with Crippen molar-refractivity contribution < 1.29 is 4.42 Å². The van der Waals surface area contributed by atoms with Crippen molar-refractivity contribution in [1.82, 2.24) is 9.97 Å². The maximum Gasteiger partial charge on any atom is 0.160 e. The molecule has 0 bridgehead atoms. The van der Waals surface area contributed by atoms with Crippen LogP contribution in [0, 0.1) is 0 Å². The van der Waals surface area contributed by atoms with E-state index < -0.39 is 0 Å². The standard InChI is InChI=1S/C53H37N3O/c1-53(2)43-22-11-9-19-40(43)49-44(53)23-14-25-46(49)56(38-30-27-35(28-31-38)34-15-5-3-6-16-34)47-26-13-21-39-42-33-37(29-32-48(42)57-51(39)47)52-54-45-24-12-10-20-41(45)50(55-52)36-17-7-4-8-18-36/h3-33H,1-2H3. The molecule has 270 valence electrons. The van der Waals surface area contributed by atoms with Gasteiger partial charge in [-0.2, -0.15) is 0 Å². The minimum absolute atomic E-state index is 0.141. The van der Waals surface area contributed by atoms with Gasteiger partial charge in [-0.1, -0.05) is 153 Å². The Bertz CT molecular complexity index is 3150. The van der Waals surface area contributed by atoms with Crippen LogP contribution in [0.1, 0.15) is 25.0 Å². The summed E-state index contributed by atoms with van der Waals surface area (Å²) in [5, 5.41) is 3.08. The molecule has 0 radical (unpaired) electrons. The number of hydrogen-bond acceptors (Lipinski definition) is 4. The first kappa shape index (κ1) is 33.1. The molecule has 2 aromatic heterocycles. The van der Waals surface area contributed by atoms with Gasteiger partial charge in [-0.15, -0.1) is 0 Å².